The summed E-state index contributed by atoms with van der Waals surface area (Å²) in [5.41, 5.74) is 5.23. The third-order valence-electron chi connectivity index (χ3n) is 5.50. The maximum atomic E-state index is 12.3. The van der Waals surface area contributed by atoms with Crippen molar-refractivity contribution in [1.82, 2.24) is 4.90 Å². The fraction of sp³-hybridized carbons (Fsp3) is 0.480. The molecule has 164 valence electrons. The zero-order valence-corrected chi connectivity index (χ0v) is 18.7. The van der Waals surface area contributed by atoms with Crippen molar-refractivity contribution in [3.05, 3.63) is 57.7 Å². The Morgan fingerprint density at radius 2 is 1.67 bits per heavy atom. The van der Waals surface area contributed by atoms with E-state index in [-0.39, 0.29) is 37.1 Å². The Balaban J connectivity index is 1.99. The van der Waals surface area contributed by atoms with E-state index in [1.807, 2.05) is 6.08 Å². The number of aliphatic hydroxyl groups excluding tert-OH is 1. The van der Waals surface area contributed by atoms with Crippen LogP contribution >= 0.6 is 0 Å². The second-order valence-electron chi connectivity index (χ2n) is 8.36. The van der Waals surface area contributed by atoms with E-state index in [9.17, 15) is 15.0 Å². The fourth-order valence-corrected chi connectivity index (χ4v) is 3.64. The van der Waals surface area contributed by atoms with Crippen LogP contribution in [0.2, 0.25) is 0 Å². The number of aliphatic hydroxyl groups is 1. The highest BCUT2D eigenvalue weighted by atomic mass is 16.3. The van der Waals surface area contributed by atoms with Crippen LogP contribution in [0, 0.1) is 0 Å². The van der Waals surface area contributed by atoms with Gasteiger partial charge in [-0.1, -0.05) is 34.9 Å². The standard InChI is InChI=1S/C25H35NO4/c1-17(2)7-5-8-18(3)9-6-10-19(4)11-12-20-23(28)15-21-22(24(20)29)16-26(13-14-27)25(21)30/h7,9,11,15,27-29H,5-6,8,10,12-14,16H2,1-4H3/b18-9+,19-11+. The molecule has 1 aromatic carbocycles. The first-order valence-electron chi connectivity index (χ1n) is 10.7. The van der Waals surface area contributed by atoms with E-state index in [4.69, 9.17) is 5.11 Å². The number of hydrogen-bond acceptors (Lipinski definition) is 4. The van der Waals surface area contributed by atoms with Gasteiger partial charge in [-0.05, 0) is 65.9 Å². The quantitative estimate of drug-likeness (QED) is 0.471. The molecule has 3 N–H and O–H groups in total. The number of amides is 1. The molecule has 0 aliphatic carbocycles. The van der Waals surface area contributed by atoms with Crippen LogP contribution in [0.3, 0.4) is 0 Å². The summed E-state index contributed by atoms with van der Waals surface area (Å²) in [6.45, 7) is 8.79. The average molecular weight is 414 g/mol. The zero-order valence-electron chi connectivity index (χ0n) is 18.7. The topological polar surface area (TPSA) is 81.0 Å². The first-order chi connectivity index (χ1) is 14.2. The molecule has 0 spiro atoms. The Hall–Kier alpha value is -2.53. The number of carbonyl (C=O) groups is 1. The smallest absolute Gasteiger partial charge is 0.254 e. The van der Waals surface area contributed by atoms with Gasteiger partial charge in [-0.15, -0.1) is 0 Å². The molecule has 1 amide bonds. The van der Waals surface area contributed by atoms with Gasteiger partial charge in [-0.25, -0.2) is 0 Å². The van der Waals surface area contributed by atoms with Crippen LogP contribution in [-0.4, -0.2) is 39.3 Å². The van der Waals surface area contributed by atoms with E-state index in [0.717, 1.165) is 25.7 Å². The lowest BCUT2D eigenvalue weighted by molar-refractivity contribution is 0.0745. The second-order valence-corrected chi connectivity index (χ2v) is 8.36. The van der Waals surface area contributed by atoms with Gasteiger partial charge in [-0.3, -0.25) is 4.79 Å². The maximum Gasteiger partial charge on any atom is 0.254 e. The zero-order chi connectivity index (χ0) is 22.3. The Kier molecular flexibility index (Phi) is 8.72. The Morgan fingerprint density at radius 1 is 1.03 bits per heavy atom. The van der Waals surface area contributed by atoms with Crippen LogP contribution in [0.5, 0.6) is 11.5 Å². The Labute approximate surface area is 180 Å². The predicted molar refractivity (Wildman–Crippen MR) is 121 cm³/mol. The van der Waals surface area contributed by atoms with Crippen molar-refractivity contribution in [2.45, 2.75) is 66.3 Å². The van der Waals surface area contributed by atoms with E-state index < -0.39 is 0 Å². The van der Waals surface area contributed by atoms with Crippen LogP contribution in [0.25, 0.3) is 0 Å². The van der Waals surface area contributed by atoms with Gasteiger partial charge in [0.05, 0.1) is 18.7 Å². The van der Waals surface area contributed by atoms with Crippen LogP contribution in [0.1, 0.15) is 74.9 Å². The lowest BCUT2D eigenvalue weighted by atomic mass is 9.99. The summed E-state index contributed by atoms with van der Waals surface area (Å²) in [7, 11) is 0. The highest BCUT2D eigenvalue weighted by molar-refractivity contribution is 6.00. The van der Waals surface area contributed by atoms with Crippen molar-refractivity contribution in [3.8, 4) is 11.5 Å². The molecule has 1 heterocycles. The molecule has 5 nitrogen and oxygen atoms in total. The minimum atomic E-state index is -0.269. The SMILES string of the molecule is CC(C)=CCC/C(C)=C/CC/C(C)=C/Cc1c(O)cc2c(c1O)CN(CCO)C2=O. The van der Waals surface area contributed by atoms with E-state index in [0.29, 0.717) is 23.1 Å². The Bertz CT molecular complexity index is 860. The number of β-amino-alcohol motifs (C(OH)–C–C–N with tert-alkyl or cyclic N) is 1. The highest BCUT2D eigenvalue weighted by Gasteiger charge is 2.31. The maximum absolute atomic E-state index is 12.3. The van der Waals surface area contributed by atoms with Gasteiger partial charge < -0.3 is 20.2 Å². The molecule has 0 saturated carbocycles. The largest absolute Gasteiger partial charge is 0.507 e. The molecular weight excluding hydrogens is 378 g/mol. The number of carbonyl (C=O) groups excluding carboxylic acids is 1. The molecule has 1 aliphatic heterocycles. The molecule has 0 unspecified atom stereocenters. The summed E-state index contributed by atoms with van der Waals surface area (Å²) in [5.74, 6) is -0.350. The van der Waals surface area contributed by atoms with Crippen molar-refractivity contribution < 1.29 is 20.1 Å². The number of aromatic hydroxyl groups is 2. The van der Waals surface area contributed by atoms with Gasteiger partial charge in [0.2, 0.25) is 0 Å². The Morgan fingerprint density at radius 3 is 2.30 bits per heavy atom. The summed E-state index contributed by atoms with van der Waals surface area (Å²) >= 11 is 0. The van der Waals surface area contributed by atoms with Crippen molar-refractivity contribution in [2.24, 2.45) is 0 Å². The van der Waals surface area contributed by atoms with Gasteiger partial charge >= 0.3 is 0 Å². The summed E-state index contributed by atoms with van der Waals surface area (Å²) in [4.78, 5) is 13.8. The molecule has 1 aromatic rings. The van der Waals surface area contributed by atoms with Crippen LogP contribution in [-0.2, 0) is 13.0 Å². The predicted octanol–water partition coefficient (Wildman–Crippen LogP) is 5.01. The molecule has 2 rings (SSSR count). The first-order valence-corrected chi connectivity index (χ1v) is 10.7. The van der Waals surface area contributed by atoms with Crippen molar-refractivity contribution in [1.29, 1.82) is 0 Å². The van der Waals surface area contributed by atoms with E-state index in [2.05, 4.69) is 39.8 Å². The van der Waals surface area contributed by atoms with E-state index in [1.165, 1.54) is 27.7 Å². The van der Waals surface area contributed by atoms with Crippen molar-refractivity contribution in [3.63, 3.8) is 0 Å². The molecule has 0 atom stereocenters. The molecule has 30 heavy (non-hydrogen) atoms. The van der Waals surface area contributed by atoms with E-state index >= 15 is 0 Å². The number of phenolic OH excluding ortho intramolecular Hbond substituents is 2. The first kappa shape index (κ1) is 23.7. The number of benzene rings is 1. The van der Waals surface area contributed by atoms with Crippen LogP contribution in [0.4, 0.5) is 0 Å². The molecule has 0 radical (unpaired) electrons. The number of phenols is 2. The summed E-state index contributed by atoms with van der Waals surface area (Å²) < 4.78 is 0. The lowest BCUT2D eigenvalue weighted by Gasteiger charge is -2.13. The summed E-state index contributed by atoms with van der Waals surface area (Å²) in [5, 5.41) is 30.1. The highest BCUT2D eigenvalue weighted by Crippen LogP contribution is 2.39. The van der Waals surface area contributed by atoms with E-state index in [1.54, 1.807) is 0 Å². The number of nitrogens with zero attached hydrogens (tertiary/aromatic N) is 1. The number of hydrogen-bond donors (Lipinski definition) is 3. The van der Waals surface area contributed by atoms with Gasteiger partial charge in [0, 0.05) is 17.7 Å². The summed E-state index contributed by atoms with van der Waals surface area (Å²) in [6, 6.07) is 1.44. The molecule has 0 fully saturated rings. The molecule has 0 saturated heterocycles. The van der Waals surface area contributed by atoms with Crippen molar-refractivity contribution >= 4 is 5.91 Å². The third kappa shape index (κ3) is 6.23. The van der Waals surface area contributed by atoms with Gasteiger partial charge in [0.25, 0.3) is 5.91 Å². The van der Waals surface area contributed by atoms with Crippen molar-refractivity contribution in [2.75, 3.05) is 13.2 Å². The number of allylic oxidation sites excluding steroid dienone is 6. The molecule has 0 bridgehead atoms. The van der Waals surface area contributed by atoms with Gasteiger partial charge in [-0.2, -0.15) is 0 Å². The van der Waals surface area contributed by atoms with Crippen LogP contribution in [0.15, 0.2) is 41.0 Å². The van der Waals surface area contributed by atoms with Gasteiger partial charge in [0.15, 0.2) is 0 Å². The lowest BCUT2D eigenvalue weighted by Crippen LogP contribution is -2.26. The minimum absolute atomic E-state index is 0.0159. The number of rotatable bonds is 10. The molecular formula is C25H35NO4. The van der Waals surface area contributed by atoms with Crippen LogP contribution < -0.4 is 0 Å². The molecule has 0 aromatic heterocycles. The molecule has 1 aliphatic rings. The molecule has 5 heteroatoms. The summed E-state index contributed by atoms with van der Waals surface area (Å²) in [6.07, 6.45) is 11.0. The number of fused-ring (bicyclic) bond motifs is 1. The third-order valence-corrected chi connectivity index (χ3v) is 5.50. The normalized spacial score (nSPS) is 14.3. The average Bonchev–Trinajstić information content (AvgIpc) is 2.98. The second kappa shape index (κ2) is 11.0. The fourth-order valence-electron chi connectivity index (χ4n) is 3.64. The minimum Gasteiger partial charge on any atom is -0.507 e. The monoisotopic (exact) mass is 413 g/mol. The van der Waals surface area contributed by atoms with Gasteiger partial charge in [0.1, 0.15) is 11.5 Å².